The molecule has 0 unspecified atom stereocenters. The fourth-order valence-electron chi connectivity index (χ4n) is 3.49. The summed E-state index contributed by atoms with van der Waals surface area (Å²) in [6.45, 7) is 5.82. The van der Waals surface area contributed by atoms with Crippen LogP contribution in [-0.4, -0.2) is 28.6 Å². The fraction of sp³-hybridized carbons (Fsp3) is 0.320. The van der Waals surface area contributed by atoms with Crippen LogP contribution in [0.2, 0.25) is 0 Å². The number of aliphatic carboxylic acids is 1. The molecule has 0 fully saturated rings. The number of nitrogens with zero attached hydrogens (tertiary/aromatic N) is 1. The smallest absolute Gasteiger partial charge is 0.303 e. The molecule has 3 aromatic rings. The number of ether oxygens (including phenoxy) is 1. The lowest BCUT2D eigenvalue weighted by Crippen LogP contribution is -2.05. The predicted molar refractivity (Wildman–Crippen MR) is 122 cm³/mol. The quantitative estimate of drug-likeness (QED) is 0.473. The van der Waals surface area contributed by atoms with Crippen LogP contribution < -0.4 is 10.1 Å². The van der Waals surface area contributed by atoms with E-state index in [-0.39, 0.29) is 12.3 Å². The second-order valence-corrected chi connectivity index (χ2v) is 7.56. The molecule has 2 N–H and O–H groups in total. The van der Waals surface area contributed by atoms with Gasteiger partial charge in [0.15, 0.2) is 0 Å². The van der Waals surface area contributed by atoms with Crippen molar-refractivity contribution in [3.05, 3.63) is 65.0 Å². The molecule has 3 rings (SSSR count). The van der Waals surface area contributed by atoms with Gasteiger partial charge in [0.2, 0.25) is 11.8 Å². The zero-order valence-electron chi connectivity index (χ0n) is 18.6. The third-order valence-corrected chi connectivity index (χ3v) is 5.10. The summed E-state index contributed by atoms with van der Waals surface area (Å²) in [6, 6.07) is 13.2. The number of carboxylic acid groups (broad SMARTS) is 1. The normalized spacial score (nSPS) is 10.7. The summed E-state index contributed by atoms with van der Waals surface area (Å²) < 4.78 is 11.8. The molecule has 0 saturated heterocycles. The lowest BCUT2D eigenvalue weighted by Gasteiger charge is -2.11. The van der Waals surface area contributed by atoms with Gasteiger partial charge >= 0.3 is 5.97 Å². The van der Waals surface area contributed by atoms with E-state index < -0.39 is 5.97 Å². The third-order valence-electron chi connectivity index (χ3n) is 5.10. The Kier molecular flexibility index (Phi) is 7.65. The van der Waals surface area contributed by atoms with Crippen molar-refractivity contribution in [3.8, 4) is 17.2 Å². The van der Waals surface area contributed by atoms with Gasteiger partial charge in [-0.05, 0) is 61.2 Å². The second kappa shape index (κ2) is 10.6. The summed E-state index contributed by atoms with van der Waals surface area (Å²) in [5, 5.41) is 11.7. The van der Waals surface area contributed by atoms with E-state index in [1.165, 1.54) is 6.92 Å². The highest BCUT2D eigenvalue weighted by molar-refractivity contribution is 5.89. The number of nitrogens with one attached hydrogen (secondary N) is 1. The number of hydrogen-bond acceptors (Lipinski definition) is 5. The maximum Gasteiger partial charge on any atom is 0.303 e. The van der Waals surface area contributed by atoms with E-state index in [1.807, 2.05) is 56.3 Å². The predicted octanol–water partition coefficient (Wildman–Crippen LogP) is 4.81. The van der Waals surface area contributed by atoms with E-state index in [0.29, 0.717) is 31.0 Å². The van der Waals surface area contributed by atoms with Gasteiger partial charge in [-0.15, -0.1) is 0 Å². The number of amides is 1. The van der Waals surface area contributed by atoms with E-state index in [0.717, 1.165) is 40.3 Å². The van der Waals surface area contributed by atoms with Crippen LogP contribution >= 0.6 is 0 Å². The lowest BCUT2D eigenvalue weighted by molar-refractivity contribution is -0.137. The van der Waals surface area contributed by atoms with Crippen LogP contribution in [0.15, 0.2) is 46.9 Å². The molecule has 0 radical (unpaired) electrons. The number of rotatable bonds is 10. The number of aryl methyl sites for hydroxylation is 3. The van der Waals surface area contributed by atoms with Gasteiger partial charge < -0.3 is 19.6 Å². The molecule has 0 spiro atoms. The summed E-state index contributed by atoms with van der Waals surface area (Å²) in [5.41, 5.74) is 4.44. The Bertz CT molecular complexity index is 1100. The van der Waals surface area contributed by atoms with E-state index in [4.69, 9.17) is 14.3 Å². The first-order valence-electron chi connectivity index (χ1n) is 10.7. The molecule has 0 bridgehead atoms. The molecule has 0 aliphatic carbocycles. The van der Waals surface area contributed by atoms with Gasteiger partial charge in [-0.2, -0.15) is 0 Å². The number of oxazole rings is 1. The van der Waals surface area contributed by atoms with E-state index in [9.17, 15) is 9.59 Å². The Balaban J connectivity index is 1.63. The maximum atomic E-state index is 11.3. The average molecular weight is 437 g/mol. The Labute approximate surface area is 187 Å². The summed E-state index contributed by atoms with van der Waals surface area (Å²) in [6.07, 6.45) is 2.04. The summed E-state index contributed by atoms with van der Waals surface area (Å²) in [5.74, 6) is 1.05. The summed E-state index contributed by atoms with van der Waals surface area (Å²) >= 11 is 0. The van der Waals surface area contributed by atoms with Gasteiger partial charge in [0.1, 0.15) is 11.5 Å². The molecule has 1 heterocycles. The molecule has 1 aromatic heterocycles. The first kappa shape index (κ1) is 23.1. The summed E-state index contributed by atoms with van der Waals surface area (Å²) in [4.78, 5) is 26.7. The second-order valence-electron chi connectivity index (χ2n) is 7.56. The van der Waals surface area contributed by atoms with E-state index in [2.05, 4.69) is 10.3 Å². The van der Waals surface area contributed by atoms with Crippen molar-refractivity contribution in [2.24, 2.45) is 0 Å². The molecule has 1 amide bonds. The molecule has 0 atom stereocenters. The molecule has 0 aliphatic heterocycles. The Hall–Kier alpha value is -3.61. The van der Waals surface area contributed by atoms with Crippen LogP contribution in [0, 0.1) is 6.92 Å². The summed E-state index contributed by atoms with van der Waals surface area (Å²) in [7, 11) is 0. The van der Waals surface area contributed by atoms with Crippen LogP contribution in [0.25, 0.3) is 11.5 Å². The zero-order valence-corrected chi connectivity index (χ0v) is 18.6. The topological polar surface area (TPSA) is 102 Å². The Morgan fingerprint density at radius 3 is 2.66 bits per heavy atom. The largest absolute Gasteiger partial charge is 0.493 e. The van der Waals surface area contributed by atoms with Crippen LogP contribution in [0.4, 0.5) is 5.69 Å². The van der Waals surface area contributed by atoms with Gasteiger partial charge in [-0.25, -0.2) is 4.98 Å². The monoisotopic (exact) mass is 436 g/mol. The molecule has 0 aliphatic rings. The van der Waals surface area contributed by atoms with Gasteiger partial charge in [0.05, 0.1) is 12.3 Å². The minimum absolute atomic E-state index is 0.120. The SMILES string of the molecule is CCc1cc(OCCc2nc(-c3cccc(NC(C)=O)c3)oc2C)ccc1CCC(=O)O. The minimum atomic E-state index is -0.795. The molecular formula is C25H28N2O5. The molecule has 2 aromatic carbocycles. The van der Waals surface area contributed by atoms with Crippen LogP contribution in [-0.2, 0) is 28.9 Å². The van der Waals surface area contributed by atoms with Crippen LogP contribution in [0.3, 0.4) is 0 Å². The van der Waals surface area contributed by atoms with E-state index in [1.54, 1.807) is 0 Å². The number of carboxylic acids is 1. The van der Waals surface area contributed by atoms with Crippen LogP contribution in [0.1, 0.15) is 42.8 Å². The number of anilines is 1. The number of benzene rings is 2. The lowest BCUT2D eigenvalue weighted by atomic mass is 10.0. The van der Waals surface area contributed by atoms with Crippen LogP contribution in [0.5, 0.6) is 5.75 Å². The van der Waals surface area contributed by atoms with Crippen molar-refractivity contribution in [2.75, 3.05) is 11.9 Å². The first-order valence-corrected chi connectivity index (χ1v) is 10.7. The molecule has 32 heavy (non-hydrogen) atoms. The highest BCUT2D eigenvalue weighted by Gasteiger charge is 2.13. The van der Waals surface area contributed by atoms with Crippen molar-refractivity contribution in [1.29, 1.82) is 0 Å². The zero-order chi connectivity index (χ0) is 23.1. The van der Waals surface area contributed by atoms with Crippen molar-refractivity contribution >= 4 is 17.6 Å². The molecule has 0 saturated carbocycles. The fourth-order valence-corrected chi connectivity index (χ4v) is 3.49. The highest BCUT2D eigenvalue weighted by atomic mass is 16.5. The van der Waals surface area contributed by atoms with E-state index >= 15 is 0 Å². The van der Waals surface area contributed by atoms with Gasteiger partial charge in [-0.1, -0.05) is 19.1 Å². The van der Waals surface area contributed by atoms with Gasteiger partial charge in [-0.3, -0.25) is 9.59 Å². The van der Waals surface area contributed by atoms with Crippen molar-refractivity contribution in [3.63, 3.8) is 0 Å². The molecule has 168 valence electrons. The first-order chi connectivity index (χ1) is 15.4. The number of carbonyl (C=O) groups is 2. The molecule has 7 heteroatoms. The minimum Gasteiger partial charge on any atom is -0.493 e. The standard InChI is InChI=1S/C25H28N2O5/c1-4-18-15-22(10-8-19(18)9-11-24(29)30)31-13-12-23-16(2)32-25(27-23)20-6-5-7-21(14-20)26-17(3)28/h5-8,10,14-15H,4,9,11-13H2,1-3H3,(H,26,28)(H,29,30). The molecule has 7 nitrogen and oxygen atoms in total. The van der Waals surface area contributed by atoms with Gasteiger partial charge in [0.25, 0.3) is 0 Å². The van der Waals surface area contributed by atoms with Crippen molar-refractivity contribution in [1.82, 2.24) is 4.98 Å². The molecular weight excluding hydrogens is 408 g/mol. The average Bonchev–Trinajstić information content (AvgIpc) is 3.13. The Morgan fingerprint density at radius 1 is 1.12 bits per heavy atom. The maximum absolute atomic E-state index is 11.3. The Morgan fingerprint density at radius 2 is 1.94 bits per heavy atom. The number of aromatic nitrogens is 1. The highest BCUT2D eigenvalue weighted by Crippen LogP contribution is 2.25. The van der Waals surface area contributed by atoms with Gasteiger partial charge in [0, 0.05) is 31.0 Å². The van der Waals surface area contributed by atoms with Crippen molar-refractivity contribution in [2.45, 2.75) is 46.5 Å². The van der Waals surface area contributed by atoms with Crippen molar-refractivity contribution < 1.29 is 23.8 Å². The number of carbonyl (C=O) groups excluding carboxylic acids is 1. The number of hydrogen-bond donors (Lipinski definition) is 2. The third kappa shape index (κ3) is 6.20.